The second-order valence-corrected chi connectivity index (χ2v) is 4.58. The summed E-state index contributed by atoms with van der Waals surface area (Å²) in [5, 5.41) is 2.62. The fourth-order valence-corrected chi connectivity index (χ4v) is 1.72. The van der Waals surface area contributed by atoms with Gasteiger partial charge in [0, 0.05) is 6.54 Å². The Bertz CT molecular complexity index is 481. The summed E-state index contributed by atoms with van der Waals surface area (Å²) in [6, 6.07) is 3.48. The number of methoxy groups -OCH3 is 1. The molecule has 4 nitrogen and oxygen atoms in total. The van der Waals surface area contributed by atoms with Crippen LogP contribution in [0.2, 0.25) is 0 Å². The number of carbonyl (C=O) groups is 2. The van der Waals surface area contributed by atoms with Crippen molar-refractivity contribution in [3.05, 3.63) is 28.8 Å². The highest BCUT2D eigenvalue weighted by atomic mass is 16.5. The van der Waals surface area contributed by atoms with Crippen LogP contribution >= 0.6 is 0 Å². The molecule has 0 saturated carbocycles. The molecular weight excluding hydrogens is 242 g/mol. The lowest BCUT2D eigenvalue weighted by atomic mass is 10.0. The predicted molar refractivity (Wildman–Crippen MR) is 74.7 cm³/mol. The molecule has 0 aliphatic rings. The molecule has 4 heteroatoms. The highest BCUT2D eigenvalue weighted by Gasteiger charge is 2.20. The van der Waals surface area contributed by atoms with Gasteiger partial charge in [-0.05, 0) is 43.5 Å². The second kappa shape index (κ2) is 6.92. The highest BCUT2D eigenvalue weighted by molar-refractivity contribution is 6.43. The third-order valence-electron chi connectivity index (χ3n) is 3.08. The fourth-order valence-electron chi connectivity index (χ4n) is 1.72. The number of ketones is 1. The van der Waals surface area contributed by atoms with Gasteiger partial charge in [-0.15, -0.1) is 0 Å². The van der Waals surface area contributed by atoms with E-state index in [1.165, 1.54) is 7.11 Å². The van der Waals surface area contributed by atoms with Gasteiger partial charge in [-0.3, -0.25) is 9.59 Å². The molecule has 0 aromatic heterocycles. The van der Waals surface area contributed by atoms with Crippen LogP contribution in [0.4, 0.5) is 0 Å². The topological polar surface area (TPSA) is 55.4 Å². The molecule has 1 N–H and O–H groups in total. The molecule has 0 heterocycles. The maximum Gasteiger partial charge on any atom is 0.292 e. The zero-order valence-corrected chi connectivity index (χ0v) is 12.0. The Morgan fingerprint density at radius 3 is 2.42 bits per heavy atom. The molecule has 0 bridgehead atoms. The van der Waals surface area contributed by atoms with Crippen molar-refractivity contribution >= 4 is 11.7 Å². The monoisotopic (exact) mass is 263 g/mol. The van der Waals surface area contributed by atoms with Crippen molar-refractivity contribution in [2.24, 2.45) is 0 Å². The van der Waals surface area contributed by atoms with Gasteiger partial charge in [-0.1, -0.05) is 13.3 Å². The van der Waals surface area contributed by atoms with E-state index < -0.39 is 11.7 Å². The number of aryl methyl sites for hydroxylation is 2. The molecule has 0 radical (unpaired) electrons. The minimum absolute atomic E-state index is 0.319. The Morgan fingerprint density at radius 1 is 1.21 bits per heavy atom. The largest absolute Gasteiger partial charge is 0.496 e. The summed E-state index contributed by atoms with van der Waals surface area (Å²) < 4.78 is 5.18. The third kappa shape index (κ3) is 3.81. The van der Waals surface area contributed by atoms with E-state index in [2.05, 4.69) is 5.32 Å². The van der Waals surface area contributed by atoms with Crippen LogP contribution < -0.4 is 10.1 Å². The Morgan fingerprint density at radius 2 is 1.84 bits per heavy atom. The first-order chi connectivity index (χ1) is 9.01. The number of unbranched alkanes of at least 4 members (excludes halogenated alkanes) is 1. The fraction of sp³-hybridized carbons (Fsp3) is 0.467. The van der Waals surface area contributed by atoms with Crippen LogP contribution in [0.5, 0.6) is 5.75 Å². The molecular formula is C15H21NO3. The molecule has 1 amide bonds. The van der Waals surface area contributed by atoms with Crippen molar-refractivity contribution in [3.63, 3.8) is 0 Å². The minimum atomic E-state index is -0.574. The maximum atomic E-state index is 12.1. The van der Waals surface area contributed by atoms with Crippen molar-refractivity contribution in [3.8, 4) is 5.75 Å². The molecule has 1 aromatic rings. The standard InChI is InChI=1S/C15H21NO3/c1-5-6-7-16-15(18)14(17)12-8-10(2)11(3)9-13(12)19-4/h8-9H,5-7H2,1-4H3,(H,16,18). The number of Topliss-reactive ketones (excluding diaryl/α,β-unsaturated/α-hetero) is 1. The van der Waals surface area contributed by atoms with E-state index in [1.54, 1.807) is 12.1 Å². The van der Waals surface area contributed by atoms with Gasteiger partial charge in [-0.25, -0.2) is 0 Å². The summed E-state index contributed by atoms with van der Waals surface area (Å²) in [6.45, 7) is 6.39. The summed E-state index contributed by atoms with van der Waals surface area (Å²) in [4.78, 5) is 23.9. The summed E-state index contributed by atoms with van der Waals surface area (Å²) >= 11 is 0. The van der Waals surface area contributed by atoms with Gasteiger partial charge >= 0.3 is 0 Å². The lowest BCUT2D eigenvalue weighted by Crippen LogP contribution is -2.32. The summed E-state index contributed by atoms with van der Waals surface area (Å²) in [7, 11) is 1.50. The normalized spacial score (nSPS) is 10.1. The number of hydrogen-bond acceptors (Lipinski definition) is 3. The maximum absolute atomic E-state index is 12.1. The lowest BCUT2D eigenvalue weighted by Gasteiger charge is -2.11. The second-order valence-electron chi connectivity index (χ2n) is 4.58. The molecule has 1 rings (SSSR count). The summed E-state index contributed by atoms with van der Waals surface area (Å²) in [5.74, 6) is -0.676. The zero-order valence-electron chi connectivity index (χ0n) is 12.0. The van der Waals surface area contributed by atoms with Crippen LogP contribution in [-0.2, 0) is 4.79 Å². The number of benzene rings is 1. The van der Waals surface area contributed by atoms with Gasteiger partial charge in [-0.2, -0.15) is 0 Å². The van der Waals surface area contributed by atoms with Crippen LogP contribution in [0, 0.1) is 13.8 Å². The number of ether oxygens (including phenoxy) is 1. The van der Waals surface area contributed by atoms with Gasteiger partial charge in [0.25, 0.3) is 11.7 Å². The van der Waals surface area contributed by atoms with Crippen molar-refractivity contribution in [2.45, 2.75) is 33.6 Å². The van der Waals surface area contributed by atoms with Gasteiger partial charge in [0.15, 0.2) is 0 Å². The number of rotatable bonds is 6. The number of hydrogen-bond donors (Lipinski definition) is 1. The Hall–Kier alpha value is -1.84. The van der Waals surface area contributed by atoms with Crippen molar-refractivity contribution in [2.75, 3.05) is 13.7 Å². The molecule has 19 heavy (non-hydrogen) atoms. The molecule has 0 atom stereocenters. The lowest BCUT2D eigenvalue weighted by molar-refractivity contribution is -0.117. The van der Waals surface area contributed by atoms with Gasteiger partial charge < -0.3 is 10.1 Å². The van der Waals surface area contributed by atoms with Crippen LogP contribution in [-0.4, -0.2) is 25.3 Å². The van der Waals surface area contributed by atoms with Crippen molar-refractivity contribution < 1.29 is 14.3 Å². The number of nitrogens with one attached hydrogen (secondary N) is 1. The van der Waals surface area contributed by atoms with Crippen LogP contribution in [0.3, 0.4) is 0 Å². The van der Waals surface area contributed by atoms with Gasteiger partial charge in [0.2, 0.25) is 0 Å². The number of carbonyl (C=O) groups excluding carboxylic acids is 2. The summed E-state index contributed by atoms with van der Waals surface area (Å²) in [6.07, 6.45) is 1.84. The molecule has 104 valence electrons. The van der Waals surface area contributed by atoms with Crippen molar-refractivity contribution in [1.82, 2.24) is 5.32 Å². The van der Waals surface area contributed by atoms with E-state index in [1.807, 2.05) is 20.8 Å². The van der Waals surface area contributed by atoms with E-state index in [-0.39, 0.29) is 0 Å². The van der Waals surface area contributed by atoms with E-state index in [9.17, 15) is 9.59 Å². The molecule has 0 aliphatic heterocycles. The summed E-state index contributed by atoms with van der Waals surface area (Å²) in [5.41, 5.74) is 2.31. The van der Waals surface area contributed by atoms with Crippen LogP contribution in [0.25, 0.3) is 0 Å². The third-order valence-corrected chi connectivity index (χ3v) is 3.08. The first-order valence-corrected chi connectivity index (χ1v) is 6.49. The molecule has 1 aromatic carbocycles. The molecule has 0 fully saturated rings. The van der Waals surface area contributed by atoms with Crippen LogP contribution in [0.15, 0.2) is 12.1 Å². The van der Waals surface area contributed by atoms with E-state index in [4.69, 9.17) is 4.74 Å². The van der Waals surface area contributed by atoms with Crippen molar-refractivity contribution in [1.29, 1.82) is 0 Å². The molecule has 0 aliphatic carbocycles. The molecule has 0 spiro atoms. The average molecular weight is 263 g/mol. The van der Waals surface area contributed by atoms with Crippen LogP contribution in [0.1, 0.15) is 41.3 Å². The SMILES string of the molecule is CCCCNC(=O)C(=O)c1cc(C)c(C)cc1OC. The van der Waals surface area contributed by atoms with Gasteiger partial charge in [0.05, 0.1) is 12.7 Å². The predicted octanol–water partition coefficient (Wildman–Crippen LogP) is 2.41. The average Bonchev–Trinajstić information content (AvgIpc) is 2.40. The smallest absolute Gasteiger partial charge is 0.292 e. The number of amides is 1. The molecule has 0 saturated heterocycles. The zero-order chi connectivity index (χ0) is 14.4. The highest BCUT2D eigenvalue weighted by Crippen LogP contribution is 2.23. The Labute approximate surface area is 114 Å². The first kappa shape index (κ1) is 15.2. The van der Waals surface area contributed by atoms with E-state index in [0.717, 1.165) is 24.0 Å². The van der Waals surface area contributed by atoms with Gasteiger partial charge in [0.1, 0.15) is 5.75 Å². The Kier molecular flexibility index (Phi) is 5.55. The minimum Gasteiger partial charge on any atom is -0.496 e. The quantitative estimate of drug-likeness (QED) is 0.487. The first-order valence-electron chi connectivity index (χ1n) is 6.49. The Balaban J connectivity index is 2.92. The van der Waals surface area contributed by atoms with E-state index >= 15 is 0 Å². The van der Waals surface area contributed by atoms with E-state index in [0.29, 0.717) is 17.9 Å². The molecule has 0 unspecified atom stereocenters.